The summed E-state index contributed by atoms with van der Waals surface area (Å²) in [4.78, 5) is 0. The minimum absolute atomic E-state index is 0.0508. The Morgan fingerprint density at radius 3 is 1.35 bits per heavy atom. The minimum atomic E-state index is -0.0508. The van der Waals surface area contributed by atoms with Crippen LogP contribution in [-0.4, -0.2) is 20.9 Å². The van der Waals surface area contributed by atoms with Gasteiger partial charge in [0.15, 0.2) is 0 Å². The fourth-order valence-electron chi connectivity index (χ4n) is 1.91. The van der Waals surface area contributed by atoms with Crippen molar-refractivity contribution >= 4 is 20.9 Å². The molecule has 2 atom stereocenters. The van der Waals surface area contributed by atoms with Crippen molar-refractivity contribution in [2.75, 3.05) is 0 Å². The Morgan fingerprint density at radius 2 is 1.00 bits per heavy atom. The molecule has 17 heavy (non-hydrogen) atoms. The number of hydrogen-bond acceptors (Lipinski definition) is 0. The summed E-state index contributed by atoms with van der Waals surface area (Å²) in [6.07, 6.45) is 0. The Bertz CT molecular complexity index is 392. The van der Waals surface area contributed by atoms with E-state index in [0.717, 1.165) is 7.93 Å². The van der Waals surface area contributed by atoms with Crippen LogP contribution in [0.4, 0.5) is 0 Å². The third kappa shape index (κ3) is 3.60. The van der Waals surface area contributed by atoms with Crippen molar-refractivity contribution in [1.29, 1.82) is 0 Å². The summed E-state index contributed by atoms with van der Waals surface area (Å²) in [6.45, 7) is 4.74. The average molecular weight is 338 g/mol. The van der Waals surface area contributed by atoms with Crippen LogP contribution in [-0.2, 0) is 0 Å². The Balaban J connectivity index is 2.02. The molecule has 0 fully saturated rings. The van der Waals surface area contributed by atoms with E-state index >= 15 is 0 Å². The van der Waals surface area contributed by atoms with E-state index < -0.39 is 0 Å². The van der Waals surface area contributed by atoms with Crippen LogP contribution in [0.3, 0.4) is 0 Å². The van der Waals surface area contributed by atoms with Crippen molar-refractivity contribution in [3.63, 3.8) is 0 Å². The summed E-state index contributed by atoms with van der Waals surface area (Å²) in [5, 5.41) is 0. The molecule has 2 aromatic rings. The summed E-state index contributed by atoms with van der Waals surface area (Å²) in [6, 6.07) is 21.8. The molecule has 0 spiro atoms. The van der Waals surface area contributed by atoms with Crippen LogP contribution in [0, 0.1) is 0 Å². The van der Waals surface area contributed by atoms with E-state index in [-0.39, 0.29) is 20.9 Å². The molecule has 0 radical (unpaired) electrons. The molecule has 88 valence electrons. The second-order valence-electron chi connectivity index (χ2n) is 4.24. The van der Waals surface area contributed by atoms with Crippen molar-refractivity contribution in [2.24, 2.45) is 0 Å². The topological polar surface area (TPSA) is 0 Å². The SMILES string of the molecule is CC([Te]C(C)c1ccccc1)c1ccccc1. The van der Waals surface area contributed by atoms with E-state index in [9.17, 15) is 0 Å². The molecule has 0 amide bonds. The van der Waals surface area contributed by atoms with Gasteiger partial charge in [0.25, 0.3) is 0 Å². The van der Waals surface area contributed by atoms with Gasteiger partial charge in [-0.1, -0.05) is 0 Å². The third-order valence-corrected chi connectivity index (χ3v) is 6.83. The fraction of sp³-hybridized carbons (Fsp3) is 0.250. The van der Waals surface area contributed by atoms with Gasteiger partial charge in [-0.25, -0.2) is 0 Å². The zero-order valence-electron chi connectivity index (χ0n) is 10.3. The van der Waals surface area contributed by atoms with E-state index in [1.165, 1.54) is 11.1 Å². The monoisotopic (exact) mass is 340 g/mol. The maximum atomic E-state index is 2.37. The van der Waals surface area contributed by atoms with E-state index in [0.29, 0.717) is 0 Å². The maximum absolute atomic E-state index is 2.37. The van der Waals surface area contributed by atoms with Gasteiger partial charge in [0, 0.05) is 0 Å². The molecule has 2 unspecified atom stereocenters. The van der Waals surface area contributed by atoms with Crippen LogP contribution in [0.25, 0.3) is 0 Å². The van der Waals surface area contributed by atoms with Gasteiger partial charge in [-0.3, -0.25) is 0 Å². The summed E-state index contributed by atoms with van der Waals surface area (Å²) in [7, 11) is 0. The standard InChI is InChI=1S/C16H18Te/c1-13(15-9-5-3-6-10-15)17-14(2)16-11-7-4-8-12-16/h3-14H,1-2H3. The molecule has 2 rings (SSSR count). The van der Waals surface area contributed by atoms with Crippen molar-refractivity contribution < 1.29 is 0 Å². The molecular formula is C16H18Te. The van der Waals surface area contributed by atoms with E-state index in [2.05, 4.69) is 74.5 Å². The van der Waals surface area contributed by atoms with Gasteiger partial charge in [0.1, 0.15) is 0 Å². The molecule has 0 heterocycles. The van der Waals surface area contributed by atoms with Gasteiger partial charge < -0.3 is 0 Å². The molecule has 1 heteroatoms. The molecule has 0 bridgehead atoms. The first-order valence-corrected chi connectivity index (χ1v) is 8.72. The number of rotatable bonds is 4. The molecule has 0 aliphatic rings. The summed E-state index contributed by atoms with van der Waals surface area (Å²) in [5.41, 5.74) is 3.00. The fourth-order valence-corrected chi connectivity index (χ4v) is 5.45. The number of hydrogen-bond donors (Lipinski definition) is 0. The van der Waals surface area contributed by atoms with Gasteiger partial charge in [0.2, 0.25) is 0 Å². The van der Waals surface area contributed by atoms with Crippen LogP contribution >= 0.6 is 0 Å². The van der Waals surface area contributed by atoms with Crippen molar-refractivity contribution in [3.05, 3.63) is 71.8 Å². The third-order valence-electron chi connectivity index (χ3n) is 2.95. The van der Waals surface area contributed by atoms with Gasteiger partial charge in [-0.2, -0.15) is 0 Å². The molecule has 0 aromatic heterocycles. The predicted molar refractivity (Wildman–Crippen MR) is 75.5 cm³/mol. The molecule has 0 aliphatic carbocycles. The Kier molecular flexibility index (Phi) is 4.65. The van der Waals surface area contributed by atoms with Crippen LogP contribution in [0.2, 0.25) is 0 Å². The van der Waals surface area contributed by atoms with Crippen LogP contribution in [0.15, 0.2) is 60.7 Å². The Labute approximate surface area is 114 Å². The quantitative estimate of drug-likeness (QED) is 0.733. The second-order valence-corrected chi connectivity index (χ2v) is 9.06. The molecule has 0 saturated carbocycles. The van der Waals surface area contributed by atoms with Gasteiger partial charge >= 0.3 is 114 Å². The zero-order valence-corrected chi connectivity index (χ0v) is 12.7. The first-order chi connectivity index (χ1) is 8.27. The van der Waals surface area contributed by atoms with Crippen molar-refractivity contribution in [1.82, 2.24) is 0 Å². The Morgan fingerprint density at radius 1 is 0.647 bits per heavy atom. The average Bonchev–Trinajstić information content (AvgIpc) is 2.40. The van der Waals surface area contributed by atoms with Crippen molar-refractivity contribution in [3.8, 4) is 0 Å². The first-order valence-electron chi connectivity index (χ1n) is 6.02. The summed E-state index contributed by atoms with van der Waals surface area (Å²) in [5.74, 6) is 0. The number of benzene rings is 2. The predicted octanol–water partition coefficient (Wildman–Crippen LogP) is 4.21. The molecule has 0 N–H and O–H groups in total. The van der Waals surface area contributed by atoms with Crippen LogP contribution < -0.4 is 0 Å². The normalized spacial score (nSPS) is 14.2. The summed E-state index contributed by atoms with van der Waals surface area (Å²) < 4.78 is 1.49. The molecular weight excluding hydrogens is 320 g/mol. The zero-order chi connectivity index (χ0) is 12.1. The molecule has 2 aromatic carbocycles. The van der Waals surface area contributed by atoms with Crippen LogP contribution in [0.1, 0.15) is 32.9 Å². The van der Waals surface area contributed by atoms with E-state index in [1.807, 2.05) is 0 Å². The molecule has 0 aliphatic heterocycles. The van der Waals surface area contributed by atoms with Gasteiger partial charge in [-0.05, 0) is 0 Å². The van der Waals surface area contributed by atoms with Crippen LogP contribution in [0.5, 0.6) is 0 Å². The second kappa shape index (κ2) is 6.24. The molecule has 0 nitrogen and oxygen atoms in total. The van der Waals surface area contributed by atoms with Gasteiger partial charge in [0.05, 0.1) is 0 Å². The molecule has 0 saturated heterocycles. The van der Waals surface area contributed by atoms with Gasteiger partial charge in [-0.15, -0.1) is 0 Å². The summed E-state index contributed by atoms with van der Waals surface area (Å²) >= 11 is -0.0508. The first kappa shape index (κ1) is 12.7. The van der Waals surface area contributed by atoms with E-state index in [1.54, 1.807) is 0 Å². The van der Waals surface area contributed by atoms with Crippen molar-refractivity contribution in [2.45, 2.75) is 21.8 Å². The Hall–Kier alpha value is -0.770. The van der Waals surface area contributed by atoms with E-state index in [4.69, 9.17) is 0 Å².